The summed E-state index contributed by atoms with van der Waals surface area (Å²) in [4.78, 5) is 17.0. The zero-order valence-corrected chi connectivity index (χ0v) is 20.9. The highest BCUT2D eigenvalue weighted by Gasteiger charge is 2.30. The maximum atomic E-state index is 12.9. The van der Waals surface area contributed by atoms with Crippen LogP contribution in [0.15, 0.2) is 54.6 Å². The third-order valence-electron chi connectivity index (χ3n) is 6.28. The predicted molar refractivity (Wildman–Crippen MR) is 131 cm³/mol. The van der Waals surface area contributed by atoms with Crippen molar-refractivity contribution in [2.24, 2.45) is 7.05 Å². The Kier molecular flexibility index (Phi) is 8.02. The van der Waals surface area contributed by atoms with Crippen molar-refractivity contribution in [1.29, 1.82) is 0 Å². The predicted octanol–water partition coefficient (Wildman–Crippen LogP) is 5.12. The summed E-state index contributed by atoms with van der Waals surface area (Å²) in [5.74, 6) is -0.0365. The van der Waals surface area contributed by atoms with Gasteiger partial charge in [-0.2, -0.15) is 18.3 Å². The first kappa shape index (κ1) is 26.2. The SMILES string of the molecule is Cc1cc(C(=O)N2CCN(C[C@H](OCc3ccc(C(F)(F)F)cc3)c3ccc(Cl)cc3)CC2)n(C)n1. The van der Waals surface area contributed by atoms with Crippen molar-refractivity contribution in [3.63, 3.8) is 0 Å². The lowest BCUT2D eigenvalue weighted by Gasteiger charge is -2.36. The van der Waals surface area contributed by atoms with Crippen LogP contribution in [0.1, 0.15) is 39.0 Å². The Hall–Kier alpha value is -2.88. The van der Waals surface area contributed by atoms with Crippen LogP contribution in [0.3, 0.4) is 0 Å². The largest absolute Gasteiger partial charge is 0.416 e. The highest BCUT2D eigenvalue weighted by atomic mass is 35.5. The van der Waals surface area contributed by atoms with Crippen molar-refractivity contribution in [2.45, 2.75) is 25.8 Å². The fourth-order valence-electron chi connectivity index (χ4n) is 4.26. The molecular weight excluding hydrogens is 493 g/mol. The van der Waals surface area contributed by atoms with Gasteiger partial charge >= 0.3 is 6.18 Å². The van der Waals surface area contributed by atoms with Crippen LogP contribution in [0, 0.1) is 6.92 Å². The third-order valence-corrected chi connectivity index (χ3v) is 6.53. The number of amides is 1. The maximum absolute atomic E-state index is 12.9. The van der Waals surface area contributed by atoms with Crippen LogP contribution in [-0.4, -0.2) is 58.2 Å². The first-order chi connectivity index (χ1) is 17.1. The highest BCUT2D eigenvalue weighted by molar-refractivity contribution is 6.30. The van der Waals surface area contributed by atoms with E-state index in [0.717, 1.165) is 23.4 Å². The minimum absolute atomic E-state index is 0.0365. The number of alkyl halides is 3. The summed E-state index contributed by atoms with van der Waals surface area (Å²) in [5.41, 5.74) is 2.27. The van der Waals surface area contributed by atoms with Crippen molar-refractivity contribution in [2.75, 3.05) is 32.7 Å². The van der Waals surface area contributed by atoms with Gasteiger partial charge in [-0.05, 0) is 48.4 Å². The van der Waals surface area contributed by atoms with E-state index in [1.807, 2.05) is 24.0 Å². The van der Waals surface area contributed by atoms with Crippen LogP contribution in [0.4, 0.5) is 13.2 Å². The summed E-state index contributed by atoms with van der Waals surface area (Å²) in [7, 11) is 1.77. The van der Waals surface area contributed by atoms with Crippen molar-refractivity contribution in [1.82, 2.24) is 19.6 Å². The Bertz CT molecular complexity index is 1170. The molecule has 1 saturated heterocycles. The van der Waals surface area contributed by atoms with Crippen LogP contribution >= 0.6 is 11.6 Å². The molecule has 0 aliphatic carbocycles. The number of aryl methyl sites for hydroxylation is 2. The first-order valence-corrected chi connectivity index (χ1v) is 12.0. The number of piperazine rings is 1. The van der Waals surface area contributed by atoms with Crippen molar-refractivity contribution < 1.29 is 22.7 Å². The number of carbonyl (C=O) groups excluding carboxylic acids is 1. The van der Waals surface area contributed by atoms with Gasteiger partial charge in [0.25, 0.3) is 5.91 Å². The van der Waals surface area contributed by atoms with E-state index in [9.17, 15) is 18.0 Å². The molecule has 3 aromatic rings. The molecule has 0 radical (unpaired) electrons. The molecular formula is C26H28ClF3N4O2. The number of benzene rings is 2. The molecule has 36 heavy (non-hydrogen) atoms. The minimum atomic E-state index is -4.37. The Balaban J connectivity index is 1.39. The lowest BCUT2D eigenvalue weighted by molar-refractivity contribution is -0.137. The second-order valence-corrected chi connectivity index (χ2v) is 9.37. The van der Waals surface area contributed by atoms with Gasteiger partial charge in [-0.15, -0.1) is 0 Å². The van der Waals surface area contributed by atoms with Crippen LogP contribution in [-0.2, 0) is 24.6 Å². The molecule has 10 heteroatoms. The van der Waals surface area contributed by atoms with Gasteiger partial charge in [-0.1, -0.05) is 35.9 Å². The number of ether oxygens (including phenoxy) is 1. The monoisotopic (exact) mass is 520 g/mol. The highest BCUT2D eigenvalue weighted by Crippen LogP contribution is 2.30. The van der Waals surface area contributed by atoms with Crippen LogP contribution < -0.4 is 0 Å². The summed E-state index contributed by atoms with van der Waals surface area (Å²) in [6.07, 6.45) is -4.68. The molecule has 0 bridgehead atoms. The first-order valence-electron chi connectivity index (χ1n) is 11.7. The molecule has 192 valence electrons. The number of hydrogen-bond acceptors (Lipinski definition) is 4. The maximum Gasteiger partial charge on any atom is 0.416 e. The van der Waals surface area contributed by atoms with Crippen LogP contribution in [0.2, 0.25) is 5.02 Å². The standard InChI is InChI=1S/C26H28ClF3N4O2/c1-18-15-23(32(2)31-18)25(35)34-13-11-33(12-14-34)16-24(20-5-9-22(27)10-6-20)36-17-19-3-7-21(8-4-19)26(28,29)30/h3-10,15,24H,11-14,16-17H2,1-2H3/t24-/m0/s1. The zero-order chi connectivity index (χ0) is 25.9. The van der Waals surface area contributed by atoms with Gasteiger partial charge in [0.15, 0.2) is 0 Å². The summed E-state index contributed by atoms with van der Waals surface area (Å²) in [6, 6.07) is 14.2. The average molecular weight is 521 g/mol. The number of carbonyl (C=O) groups is 1. The van der Waals surface area contributed by atoms with E-state index in [-0.39, 0.29) is 18.6 Å². The fourth-order valence-corrected chi connectivity index (χ4v) is 4.39. The van der Waals surface area contributed by atoms with E-state index in [1.54, 1.807) is 29.9 Å². The van der Waals surface area contributed by atoms with Crippen LogP contribution in [0.5, 0.6) is 0 Å². The molecule has 4 rings (SSSR count). The second kappa shape index (κ2) is 11.0. The molecule has 0 saturated carbocycles. The molecule has 1 aliphatic rings. The second-order valence-electron chi connectivity index (χ2n) is 8.93. The lowest BCUT2D eigenvalue weighted by Crippen LogP contribution is -2.50. The number of halogens is 4. The molecule has 0 unspecified atom stereocenters. The summed E-state index contributed by atoms with van der Waals surface area (Å²) in [5, 5.41) is 4.87. The number of hydrogen-bond donors (Lipinski definition) is 0. The molecule has 1 aliphatic heterocycles. The van der Waals surface area contributed by atoms with Crippen molar-refractivity contribution in [3.05, 3.63) is 87.7 Å². The van der Waals surface area contributed by atoms with E-state index in [0.29, 0.717) is 49.0 Å². The van der Waals surface area contributed by atoms with Gasteiger partial charge < -0.3 is 9.64 Å². The molecule has 0 spiro atoms. The van der Waals surface area contributed by atoms with Crippen molar-refractivity contribution >= 4 is 17.5 Å². The molecule has 0 N–H and O–H groups in total. The van der Waals surface area contributed by atoms with Crippen molar-refractivity contribution in [3.8, 4) is 0 Å². The smallest absolute Gasteiger partial charge is 0.368 e. The van der Waals surface area contributed by atoms with Gasteiger partial charge in [0.1, 0.15) is 5.69 Å². The van der Waals surface area contributed by atoms with E-state index < -0.39 is 11.7 Å². The quantitative estimate of drug-likeness (QED) is 0.434. The zero-order valence-electron chi connectivity index (χ0n) is 20.1. The Morgan fingerprint density at radius 3 is 2.25 bits per heavy atom. The molecule has 6 nitrogen and oxygen atoms in total. The average Bonchev–Trinajstić information content (AvgIpc) is 3.19. The van der Waals surface area contributed by atoms with Gasteiger partial charge in [0.2, 0.25) is 0 Å². The van der Waals surface area contributed by atoms with Gasteiger partial charge in [-0.3, -0.25) is 14.4 Å². The number of aromatic nitrogens is 2. The minimum Gasteiger partial charge on any atom is -0.368 e. The van der Waals surface area contributed by atoms with E-state index in [1.165, 1.54) is 12.1 Å². The Morgan fingerprint density at radius 2 is 1.69 bits per heavy atom. The summed E-state index contributed by atoms with van der Waals surface area (Å²) < 4.78 is 46.4. The van der Waals surface area contributed by atoms with Gasteiger partial charge in [0, 0.05) is 44.8 Å². The molecule has 1 atom stereocenters. The summed E-state index contributed by atoms with van der Waals surface area (Å²) in [6.45, 7) is 5.12. The Morgan fingerprint density at radius 1 is 1.06 bits per heavy atom. The fraction of sp³-hybridized carbons (Fsp3) is 0.385. The molecule has 2 heterocycles. The molecule has 1 amide bonds. The molecule has 1 aromatic heterocycles. The normalized spacial score (nSPS) is 15.8. The summed E-state index contributed by atoms with van der Waals surface area (Å²) >= 11 is 6.05. The van der Waals surface area contributed by atoms with Gasteiger partial charge in [-0.25, -0.2) is 0 Å². The number of rotatable bonds is 7. The molecule has 2 aromatic carbocycles. The lowest BCUT2D eigenvalue weighted by atomic mass is 10.1. The third kappa shape index (κ3) is 6.46. The van der Waals surface area contributed by atoms with E-state index in [4.69, 9.17) is 16.3 Å². The number of nitrogens with zero attached hydrogens (tertiary/aromatic N) is 4. The van der Waals surface area contributed by atoms with E-state index in [2.05, 4.69) is 10.00 Å². The van der Waals surface area contributed by atoms with Crippen LogP contribution in [0.25, 0.3) is 0 Å². The topological polar surface area (TPSA) is 50.6 Å². The Labute approximate surface area is 213 Å². The van der Waals surface area contributed by atoms with Gasteiger partial charge in [0.05, 0.1) is 24.0 Å². The molecule has 1 fully saturated rings. The van der Waals surface area contributed by atoms with E-state index >= 15 is 0 Å².